The molecule has 2 aromatic rings. The van der Waals surface area contributed by atoms with Crippen LogP contribution in [0.15, 0.2) is 52.1 Å². The van der Waals surface area contributed by atoms with Crippen molar-refractivity contribution in [2.75, 3.05) is 59.5 Å². The molecule has 170 valence electrons. The Bertz CT molecular complexity index is 789. The predicted molar refractivity (Wildman–Crippen MR) is 135 cm³/mol. The minimum Gasteiger partial charge on any atom is -0.497 e. The number of ether oxygens (including phenoxy) is 1. The molecule has 4 heterocycles. The maximum absolute atomic E-state index is 5.44. The molecular formula is C23H34IN5O2. The van der Waals surface area contributed by atoms with Gasteiger partial charge < -0.3 is 19.8 Å². The standard InChI is InChI=1S/C23H33N5O2.HI/c1-29-21-6-4-19(5-7-21)8-10-24-23(25-11-9-22-3-2-16-30-22)26-17-20-18-27-12-14-28(20)15-13-27;/h2-7,16,20H,8-15,17-18H2,1H3,(H2,24,25,26);1H. The van der Waals surface area contributed by atoms with E-state index in [9.17, 15) is 0 Å². The normalized spacial score (nSPS) is 22.6. The summed E-state index contributed by atoms with van der Waals surface area (Å²) >= 11 is 0. The molecule has 0 spiro atoms. The van der Waals surface area contributed by atoms with Crippen molar-refractivity contribution in [1.29, 1.82) is 0 Å². The predicted octanol–water partition coefficient (Wildman–Crippen LogP) is 2.23. The van der Waals surface area contributed by atoms with E-state index in [0.717, 1.165) is 56.5 Å². The fourth-order valence-electron chi connectivity index (χ4n) is 4.15. The first-order valence-corrected chi connectivity index (χ1v) is 10.9. The summed E-state index contributed by atoms with van der Waals surface area (Å²) in [5.74, 6) is 2.76. The largest absolute Gasteiger partial charge is 0.497 e. The highest BCUT2D eigenvalue weighted by molar-refractivity contribution is 14.0. The zero-order valence-electron chi connectivity index (χ0n) is 18.3. The summed E-state index contributed by atoms with van der Waals surface area (Å²) in [6.45, 7) is 8.34. The first kappa shape index (κ1) is 23.9. The third-order valence-electron chi connectivity index (χ3n) is 5.96. The first-order valence-electron chi connectivity index (χ1n) is 10.9. The molecule has 5 rings (SSSR count). The summed E-state index contributed by atoms with van der Waals surface area (Å²) in [6, 6.07) is 12.7. The van der Waals surface area contributed by atoms with Crippen LogP contribution in [0.25, 0.3) is 0 Å². The number of fused-ring (bicyclic) bond motifs is 3. The van der Waals surface area contributed by atoms with Crippen LogP contribution in [0, 0.1) is 0 Å². The Kier molecular flexibility index (Phi) is 9.48. The van der Waals surface area contributed by atoms with Gasteiger partial charge in [-0.15, -0.1) is 24.0 Å². The third kappa shape index (κ3) is 7.11. The van der Waals surface area contributed by atoms with Crippen molar-refractivity contribution in [3.05, 3.63) is 54.0 Å². The molecule has 8 heteroatoms. The van der Waals surface area contributed by atoms with Crippen molar-refractivity contribution in [1.82, 2.24) is 20.4 Å². The number of piperazine rings is 3. The molecule has 3 fully saturated rings. The molecular weight excluding hydrogens is 505 g/mol. The molecule has 2 bridgehead atoms. The number of aliphatic imine (C=N–C) groups is 1. The lowest BCUT2D eigenvalue weighted by Crippen LogP contribution is -2.62. The number of guanidine groups is 1. The molecule has 3 aliphatic heterocycles. The van der Waals surface area contributed by atoms with E-state index in [4.69, 9.17) is 14.1 Å². The number of nitrogens with zero attached hydrogens (tertiary/aromatic N) is 3. The number of hydrogen-bond acceptors (Lipinski definition) is 5. The molecule has 1 atom stereocenters. The summed E-state index contributed by atoms with van der Waals surface area (Å²) in [5.41, 5.74) is 1.28. The Morgan fingerprint density at radius 1 is 1.06 bits per heavy atom. The van der Waals surface area contributed by atoms with Gasteiger partial charge in [0.1, 0.15) is 11.5 Å². The smallest absolute Gasteiger partial charge is 0.191 e. The number of nitrogens with one attached hydrogen (secondary N) is 2. The molecule has 1 aromatic heterocycles. The van der Waals surface area contributed by atoms with Crippen LogP contribution in [-0.2, 0) is 12.8 Å². The van der Waals surface area contributed by atoms with Gasteiger partial charge in [-0.05, 0) is 36.2 Å². The topological polar surface area (TPSA) is 65.3 Å². The van der Waals surface area contributed by atoms with E-state index in [2.05, 4.69) is 32.6 Å². The van der Waals surface area contributed by atoms with E-state index in [0.29, 0.717) is 6.04 Å². The van der Waals surface area contributed by atoms with Gasteiger partial charge in [0.25, 0.3) is 0 Å². The Hall–Kier alpha value is -1.78. The van der Waals surface area contributed by atoms with Crippen molar-refractivity contribution in [3.8, 4) is 5.75 Å². The van der Waals surface area contributed by atoms with E-state index in [1.165, 1.54) is 31.7 Å². The van der Waals surface area contributed by atoms with Crippen LogP contribution < -0.4 is 15.4 Å². The first-order chi connectivity index (χ1) is 14.8. The molecule has 1 aromatic carbocycles. The number of hydrogen-bond donors (Lipinski definition) is 2. The Labute approximate surface area is 202 Å². The van der Waals surface area contributed by atoms with Crippen LogP contribution in [0.2, 0.25) is 0 Å². The molecule has 0 saturated carbocycles. The van der Waals surface area contributed by atoms with Gasteiger partial charge in [-0.2, -0.15) is 0 Å². The van der Waals surface area contributed by atoms with Gasteiger partial charge in [-0.1, -0.05) is 12.1 Å². The second kappa shape index (κ2) is 12.3. The summed E-state index contributed by atoms with van der Waals surface area (Å²) < 4.78 is 10.7. The quantitative estimate of drug-likeness (QED) is 0.290. The highest BCUT2D eigenvalue weighted by Gasteiger charge is 2.31. The van der Waals surface area contributed by atoms with E-state index in [1.54, 1.807) is 13.4 Å². The maximum Gasteiger partial charge on any atom is 0.191 e. The molecule has 2 N–H and O–H groups in total. The van der Waals surface area contributed by atoms with E-state index >= 15 is 0 Å². The lowest BCUT2D eigenvalue weighted by molar-refractivity contribution is 0.0174. The van der Waals surface area contributed by atoms with Crippen molar-refractivity contribution < 1.29 is 9.15 Å². The second-order valence-electron chi connectivity index (χ2n) is 7.96. The van der Waals surface area contributed by atoms with Gasteiger partial charge in [-0.25, -0.2) is 0 Å². The van der Waals surface area contributed by atoms with Crippen molar-refractivity contribution in [2.24, 2.45) is 4.99 Å². The van der Waals surface area contributed by atoms with Gasteiger partial charge in [0, 0.05) is 58.3 Å². The maximum atomic E-state index is 5.44. The van der Waals surface area contributed by atoms with Gasteiger partial charge in [0.2, 0.25) is 0 Å². The Morgan fingerprint density at radius 2 is 1.81 bits per heavy atom. The van der Waals surface area contributed by atoms with Gasteiger partial charge in [-0.3, -0.25) is 14.8 Å². The summed E-state index contributed by atoms with van der Waals surface area (Å²) in [6.07, 6.45) is 3.50. The molecule has 0 aliphatic carbocycles. The highest BCUT2D eigenvalue weighted by atomic mass is 127. The van der Waals surface area contributed by atoms with Crippen LogP contribution in [0.3, 0.4) is 0 Å². The molecule has 7 nitrogen and oxygen atoms in total. The molecule has 31 heavy (non-hydrogen) atoms. The van der Waals surface area contributed by atoms with Crippen LogP contribution in [0.4, 0.5) is 0 Å². The van der Waals surface area contributed by atoms with Crippen molar-refractivity contribution in [2.45, 2.75) is 18.9 Å². The number of halogens is 1. The average molecular weight is 539 g/mol. The third-order valence-corrected chi connectivity index (χ3v) is 5.96. The van der Waals surface area contributed by atoms with E-state index < -0.39 is 0 Å². The zero-order valence-corrected chi connectivity index (χ0v) is 20.6. The zero-order chi connectivity index (χ0) is 20.6. The van der Waals surface area contributed by atoms with Gasteiger partial charge >= 0.3 is 0 Å². The average Bonchev–Trinajstić information content (AvgIpc) is 3.32. The lowest BCUT2D eigenvalue weighted by atomic mass is 10.1. The summed E-state index contributed by atoms with van der Waals surface area (Å²) in [5, 5.41) is 6.98. The minimum atomic E-state index is 0. The van der Waals surface area contributed by atoms with Crippen LogP contribution >= 0.6 is 24.0 Å². The van der Waals surface area contributed by atoms with Crippen LogP contribution in [-0.4, -0.2) is 81.3 Å². The molecule has 1 unspecified atom stereocenters. The fraction of sp³-hybridized carbons (Fsp3) is 0.522. The van der Waals surface area contributed by atoms with Gasteiger partial charge in [0.15, 0.2) is 5.96 Å². The Morgan fingerprint density at radius 3 is 2.42 bits per heavy atom. The SMILES string of the molecule is COc1ccc(CCNC(=NCC2CN3CCN2CC3)NCCc2ccco2)cc1.I. The van der Waals surface area contributed by atoms with Crippen molar-refractivity contribution in [3.63, 3.8) is 0 Å². The summed E-state index contributed by atoms with van der Waals surface area (Å²) in [4.78, 5) is 10.1. The minimum absolute atomic E-state index is 0. The molecule has 0 radical (unpaired) electrons. The van der Waals surface area contributed by atoms with E-state index in [1.807, 2.05) is 24.3 Å². The second-order valence-corrected chi connectivity index (χ2v) is 7.96. The van der Waals surface area contributed by atoms with E-state index in [-0.39, 0.29) is 24.0 Å². The molecule has 3 saturated heterocycles. The Balaban J connectivity index is 0.00000272. The van der Waals surface area contributed by atoms with Crippen LogP contribution in [0.5, 0.6) is 5.75 Å². The number of methoxy groups -OCH3 is 1. The number of rotatable bonds is 9. The lowest BCUT2D eigenvalue weighted by Gasteiger charge is -2.47. The number of benzene rings is 1. The number of furan rings is 1. The molecule has 0 amide bonds. The van der Waals surface area contributed by atoms with Crippen LogP contribution in [0.1, 0.15) is 11.3 Å². The van der Waals surface area contributed by atoms with Crippen molar-refractivity contribution >= 4 is 29.9 Å². The molecule has 3 aliphatic rings. The fourth-order valence-corrected chi connectivity index (χ4v) is 4.15. The highest BCUT2D eigenvalue weighted by Crippen LogP contribution is 2.15. The van der Waals surface area contributed by atoms with Gasteiger partial charge in [0.05, 0.1) is 19.9 Å². The summed E-state index contributed by atoms with van der Waals surface area (Å²) in [7, 11) is 1.69. The monoisotopic (exact) mass is 539 g/mol.